The Morgan fingerprint density at radius 3 is 2.57 bits per heavy atom. The number of anilines is 1. The first kappa shape index (κ1) is 15.3. The van der Waals surface area contributed by atoms with Gasteiger partial charge in [0.25, 0.3) is 0 Å². The van der Waals surface area contributed by atoms with Gasteiger partial charge in [0.15, 0.2) is 0 Å². The Hall–Kier alpha value is -2.55. The molecule has 2 aliphatic rings. The van der Waals surface area contributed by atoms with E-state index >= 15 is 0 Å². The lowest BCUT2D eigenvalue weighted by atomic mass is 9.86. The molecule has 6 heteroatoms. The Morgan fingerprint density at radius 2 is 1.96 bits per heavy atom. The summed E-state index contributed by atoms with van der Waals surface area (Å²) < 4.78 is 0. The number of amides is 3. The number of benzene rings is 1. The first-order chi connectivity index (χ1) is 10.9. The van der Waals surface area contributed by atoms with Crippen LogP contribution < -0.4 is 4.90 Å². The maximum atomic E-state index is 12.4. The summed E-state index contributed by atoms with van der Waals surface area (Å²) in [6.07, 6.45) is 1.33. The van der Waals surface area contributed by atoms with Crippen molar-refractivity contribution >= 4 is 17.6 Å². The fraction of sp³-hybridized carbons (Fsp3) is 0.471. The van der Waals surface area contributed by atoms with E-state index in [4.69, 9.17) is 5.26 Å². The number of hydrogen-bond acceptors (Lipinski definition) is 3. The zero-order valence-electron chi connectivity index (χ0n) is 13.5. The monoisotopic (exact) mass is 312 g/mol. The van der Waals surface area contributed by atoms with Crippen LogP contribution in [-0.4, -0.2) is 55.5 Å². The number of carbonyl (C=O) groups is 2. The Balaban J connectivity index is 1.75. The SMILES string of the molecule is CN(C)C(=O)N1CCC2(CC(=O)N(c3ccc(C#N)cc3)C2)C1. The summed E-state index contributed by atoms with van der Waals surface area (Å²) >= 11 is 0. The second kappa shape index (κ2) is 5.58. The molecule has 0 aliphatic carbocycles. The van der Waals surface area contributed by atoms with Gasteiger partial charge in [0.1, 0.15) is 0 Å². The van der Waals surface area contributed by atoms with Crippen molar-refractivity contribution in [2.75, 3.05) is 38.6 Å². The fourth-order valence-corrected chi connectivity index (χ4v) is 3.50. The number of carbonyl (C=O) groups excluding carboxylic acids is 2. The lowest BCUT2D eigenvalue weighted by Gasteiger charge is -2.25. The average Bonchev–Trinajstić information content (AvgIpc) is 3.10. The van der Waals surface area contributed by atoms with Gasteiger partial charge in [0, 0.05) is 51.3 Å². The summed E-state index contributed by atoms with van der Waals surface area (Å²) in [5, 5.41) is 8.87. The molecule has 1 aromatic rings. The minimum absolute atomic E-state index is 0.00569. The number of nitriles is 1. The number of likely N-dealkylation sites (tertiary alicyclic amines) is 1. The van der Waals surface area contributed by atoms with Gasteiger partial charge >= 0.3 is 6.03 Å². The molecule has 3 amide bonds. The molecule has 120 valence electrons. The molecule has 1 aromatic carbocycles. The number of rotatable bonds is 1. The van der Waals surface area contributed by atoms with Crippen LogP contribution >= 0.6 is 0 Å². The summed E-state index contributed by atoms with van der Waals surface area (Å²) in [5.41, 5.74) is 1.26. The van der Waals surface area contributed by atoms with Gasteiger partial charge in [-0.25, -0.2) is 4.79 Å². The fourth-order valence-electron chi connectivity index (χ4n) is 3.50. The van der Waals surface area contributed by atoms with Crippen molar-refractivity contribution in [3.63, 3.8) is 0 Å². The molecule has 6 nitrogen and oxygen atoms in total. The van der Waals surface area contributed by atoms with Gasteiger partial charge in [-0.05, 0) is 30.7 Å². The van der Waals surface area contributed by atoms with E-state index in [2.05, 4.69) is 6.07 Å². The third-order valence-electron chi connectivity index (χ3n) is 4.72. The van der Waals surface area contributed by atoms with Crippen molar-refractivity contribution in [1.29, 1.82) is 5.26 Å². The minimum atomic E-state index is -0.142. The summed E-state index contributed by atoms with van der Waals surface area (Å²) in [5.74, 6) is 0.0915. The zero-order valence-corrected chi connectivity index (χ0v) is 13.5. The van der Waals surface area contributed by atoms with Gasteiger partial charge in [0.05, 0.1) is 11.6 Å². The third kappa shape index (κ3) is 2.74. The molecule has 2 heterocycles. The molecule has 0 radical (unpaired) electrons. The molecular formula is C17H20N4O2. The van der Waals surface area contributed by atoms with E-state index in [1.165, 1.54) is 0 Å². The molecule has 0 N–H and O–H groups in total. The van der Waals surface area contributed by atoms with Gasteiger partial charge in [-0.2, -0.15) is 5.26 Å². The highest BCUT2D eigenvalue weighted by Crippen LogP contribution is 2.42. The molecule has 2 fully saturated rings. The molecule has 2 aliphatic heterocycles. The minimum Gasteiger partial charge on any atom is -0.331 e. The van der Waals surface area contributed by atoms with Crippen molar-refractivity contribution in [2.24, 2.45) is 5.41 Å². The molecule has 0 aromatic heterocycles. The molecular weight excluding hydrogens is 292 g/mol. The summed E-state index contributed by atoms with van der Waals surface area (Å²) in [4.78, 5) is 29.7. The van der Waals surface area contributed by atoms with Gasteiger partial charge in [-0.15, -0.1) is 0 Å². The van der Waals surface area contributed by atoms with Crippen molar-refractivity contribution < 1.29 is 9.59 Å². The number of urea groups is 1. The van der Waals surface area contributed by atoms with E-state index in [0.29, 0.717) is 31.6 Å². The molecule has 1 spiro atoms. The molecule has 1 unspecified atom stereocenters. The molecule has 23 heavy (non-hydrogen) atoms. The molecule has 2 saturated heterocycles. The van der Waals surface area contributed by atoms with E-state index in [-0.39, 0.29) is 17.4 Å². The van der Waals surface area contributed by atoms with Crippen molar-refractivity contribution in [2.45, 2.75) is 12.8 Å². The average molecular weight is 312 g/mol. The van der Waals surface area contributed by atoms with E-state index in [9.17, 15) is 9.59 Å². The maximum absolute atomic E-state index is 12.4. The van der Waals surface area contributed by atoms with Crippen molar-refractivity contribution in [3.8, 4) is 6.07 Å². The molecule has 3 rings (SSSR count). The van der Waals surface area contributed by atoms with Crippen LogP contribution in [0, 0.1) is 16.7 Å². The largest absolute Gasteiger partial charge is 0.331 e. The number of nitrogens with zero attached hydrogens (tertiary/aromatic N) is 4. The first-order valence-electron chi connectivity index (χ1n) is 7.71. The van der Waals surface area contributed by atoms with Crippen LogP contribution in [-0.2, 0) is 4.79 Å². The van der Waals surface area contributed by atoms with Gasteiger partial charge < -0.3 is 14.7 Å². The Morgan fingerprint density at radius 1 is 1.26 bits per heavy atom. The zero-order chi connectivity index (χ0) is 16.6. The maximum Gasteiger partial charge on any atom is 0.319 e. The normalized spacial score (nSPS) is 23.4. The van der Waals surface area contributed by atoms with Gasteiger partial charge in [-0.1, -0.05) is 0 Å². The van der Waals surface area contributed by atoms with Crippen molar-refractivity contribution in [1.82, 2.24) is 9.80 Å². The van der Waals surface area contributed by atoms with E-state index in [1.807, 2.05) is 17.0 Å². The topological polar surface area (TPSA) is 67.7 Å². The van der Waals surface area contributed by atoms with Crippen LogP contribution in [0.5, 0.6) is 0 Å². The highest BCUT2D eigenvalue weighted by Gasteiger charge is 2.48. The smallest absolute Gasteiger partial charge is 0.319 e. The molecule has 1 atom stereocenters. The third-order valence-corrected chi connectivity index (χ3v) is 4.72. The highest BCUT2D eigenvalue weighted by molar-refractivity contribution is 5.96. The predicted molar refractivity (Wildman–Crippen MR) is 85.8 cm³/mol. The lowest BCUT2D eigenvalue weighted by Crippen LogP contribution is -2.39. The first-order valence-corrected chi connectivity index (χ1v) is 7.71. The summed E-state index contributed by atoms with van der Waals surface area (Å²) in [7, 11) is 3.49. The van der Waals surface area contributed by atoms with Gasteiger partial charge in [-0.3, -0.25) is 4.79 Å². The van der Waals surface area contributed by atoms with E-state index < -0.39 is 0 Å². The van der Waals surface area contributed by atoms with Crippen LogP contribution in [0.3, 0.4) is 0 Å². The van der Waals surface area contributed by atoms with Crippen molar-refractivity contribution in [3.05, 3.63) is 29.8 Å². The van der Waals surface area contributed by atoms with E-state index in [0.717, 1.165) is 12.1 Å². The highest BCUT2D eigenvalue weighted by atomic mass is 16.2. The Labute approximate surface area is 135 Å². The van der Waals surface area contributed by atoms with E-state index in [1.54, 1.807) is 36.0 Å². The van der Waals surface area contributed by atoms with Crippen LogP contribution in [0.1, 0.15) is 18.4 Å². The molecule has 0 saturated carbocycles. The van der Waals surface area contributed by atoms with Crippen LogP contribution in [0.25, 0.3) is 0 Å². The quantitative estimate of drug-likeness (QED) is 0.792. The predicted octanol–water partition coefficient (Wildman–Crippen LogP) is 1.67. The van der Waals surface area contributed by atoms with Crippen LogP contribution in [0.15, 0.2) is 24.3 Å². The number of hydrogen-bond donors (Lipinski definition) is 0. The Bertz CT molecular complexity index is 677. The summed E-state index contributed by atoms with van der Waals surface area (Å²) in [6.45, 7) is 1.96. The summed E-state index contributed by atoms with van der Waals surface area (Å²) in [6, 6.07) is 9.16. The lowest BCUT2D eigenvalue weighted by molar-refractivity contribution is -0.117. The van der Waals surface area contributed by atoms with Gasteiger partial charge in [0.2, 0.25) is 5.91 Å². The standard InChI is InChI=1S/C17H20N4O2/c1-19(2)16(23)20-8-7-17(11-20)9-15(22)21(12-17)14-5-3-13(10-18)4-6-14/h3-6H,7-9,11-12H2,1-2H3. The second-order valence-corrected chi connectivity index (χ2v) is 6.66. The Kier molecular flexibility index (Phi) is 3.72. The van der Waals surface area contributed by atoms with Crippen LogP contribution in [0.4, 0.5) is 10.5 Å². The van der Waals surface area contributed by atoms with Crippen LogP contribution in [0.2, 0.25) is 0 Å². The molecule has 0 bridgehead atoms. The second-order valence-electron chi connectivity index (χ2n) is 6.66.